The van der Waals surface area contributed by atoms with E-state index in [0.717, 1.165) is 29.2 Å². The van der Waals surface area contributed by atoms with Crippen LogP contribution in [0.1, 0.15) is 47.2 Å². The van der Waals surface area contributed by atoms with Gasteiger partial charge >= 0.3 is 5.92 Å². The van der Waals surface area contributed by atoms with Crippen LogP contribution in [0.25, 0.3) is 0 Å². The van der Waals surface area contributed by atoms with E-state index in [2.05, 4.69) is 5.32 Å². The third kappa shape index (κ3) is 4.34. The molecule has 5 nitrogen and oxygen atoms in total. The van der Waals surface area contributed by atoms with Gasteiger partial charge in [-0.2, -0.15) is 8.78 Å². The van der Waals surface area contributed by atoms with Crippen molar-refractivity contribution in [3.63, 3.8) is 0 Å². The molecule has 2 aromatic rings. The molecule has 2 N–H and O–H groups in total. The molecule has 3 atom stereocenters. The molecule has 2 aliphatic heterocycles. The number of amides is 2. The molecule has 1 saturated carbocycles. The van der Waals surface area contributed by atoms with E-state index in [-0.39, 0.29) is 30.1 Å². The van der Waals surface area contributed by atoms with E-state index in [1.165, 1.54) is 19.1 Å². The fourth-order valence-corrected chi connectivity index (χ4v) is 4.71. The molecule has 1 unspecified atom stereocenters. The number of fused-ring (bicyclic) bond motifs is 4. The van der Waals surface area contributed by atoms with Gasteiger partial charge in [0.2, 0.25) is 0 Å². The van der Waals surface area contributed by atoms with E-state index < -0.39 is 52.6 Å². The molecule has 3 fully saturated rings. The Morgan fingerprint density at radius 2 is 1.91 bits per heavy atom. The number of aryl methyl sites for hydroxylation is 1. The number of carbonyl (C=O) groups is 2. The van der Waals surface area contributed by atoms with E-state index in [9.17, 15) is 19.1 Å². The van der Waals surface area contributed by atoms with Crippen LogP contribution in [0, 0.1) is 24.5 Å². The Bertz CT molecular complexity index is 1090. The average molecular weight is 464 g/mol. The fraction of sp³-hybridized carbons (Fsp3) is 0.417. The summed E-state index contributed by atoms with van der Waals surface area (Å²) in [7, 11) is 0. The van der Waals surface area contributed by atoms with Crippen LogP contribution >= 0.6 is 0 Å². The molecule has 0 radical (unpaired) electrons. The Hall–Kier alpha value is -2.94. The quantitative estimate of drug-likeness (QED) is 0.660. The highest BCUT2D eigenvalue weighted by atomic mass is 19.3. The van der Waals surface area contributed by atoms with E-state index >= 15 is 13.2 Å². The summed E-state index contributed by atoms with van der Waals surface area (Å²) in [5.41, 5.74) is -1.42. The van der Waals surface area contributed by atoms with Crippen LogP contribution < -0.4 is 5.32 Å². The number of hydrogen-bond acceptors (Lipinski definition) is 3. The SMILES string of the molecule is Cc1cc(NC(=O)c2cccc(C(F)(F)C(=O)N3CC4CCC[C@@H]3C[C@H]4O)c2F)ccc1F. The Morgan fingerprint density at radius 3 is 2.64 bits per heavy atom. The molecule has 2 aromatic carbocycles. The number of benzene rings is 2. The van der Waals surface area contributed by atoms with Crippen LogP contribution in [-0.2, 0) is 10.7 Å². The van der Waals surface area contributed by atoms with Crippen molar-refractivity contribution >= 4 is 17.5 Å². The molecular weight excluding hydrogens is 440 g/mol. The lowest BCUT2D eigenvalue weighted by Crippen LogP contribution is -2.54. The predicted octanol–water partition coefficient (Wildman–Crippen LogP) is 4.38. The van der Waals surface area contributed by atoms with Crippen molar-refractivity contribution in [1.82, 2.24) is 4.90 Å². The maximum absolute atomic E-state index is 15.2. The highest BCUT2D eigenvalue weighted by Gasteiger charge is 2.51. The van der Waals surface area contributed by atoms with Crippen molar-refractivity contribution in [2.45, 2.75) is 50.7 Å². The van der Waals surface area contributed by atoms with Crippen LogP contribution in [0.2, 0.25) is 0 Å². The van der Waals surface area contributed by atoms with Crippen LogP contribution in [0.4, 0.5) is 23.2 Å². The molecule has 1 aliphatic carbocycles. The summed E-state index contributed by atoms with van der Waals surface area (Å²) < 4.78 is 59.0. The van der Waals surface area contributed by atoms with Gasteiger partial charge in [-0.1, -0.05) is 12.5 Å². The van der Waals surface area contributed by atoms with Crippen molar-refractivity contribution in [3.05, 3.63) is 64.7 Å². The second kappa shape index (κ2) is 8.78. The van der Waals surface area contributed by atoms with Gasteiger partial charge in [0.1, 0.15) is 11.6 Å². The van der Waals surface area contributed by atoms with E-state index in [0.29, 0.717) is 19.3 Å². The van der Waals surface area contributed by atoms with Gasteiger partial charge in [0.15, 0.2) is 0 Å². The number of carbonyl (C=O) groups excluding carboxylic acids is 2. The van der Waals surface area contributed by atoms with Gasteiger partial charge in [-0.25, -0.2) is 8.78 Å². The van der Waals surface area contributed by atoms with Gasteiger partial charge in [-0.15, -0.1) is 0 Å². The topological polar surface area (TPSA) is 69.6 Å². The average Bonchev–Trinajstić information content (AvgIpc) is 3.08. The lowest BCUT2D eigenvalue weighted by molar-refractivity contribution is -0.166. The minimum Gasteiger partial charge on any atom is -0.393 e. The predicted molar refractivity (Wildman–Crippen MR) is 113 cm³/mol. The summed E-state index contributed by atoms with van der Waals surface area (Å²) in [4.78, 5) is 26.5. The van der Waals surface area contributed by atoms with Crippen molar-refractivity contribution in [2.75, 3.05) is 11.9 Å². The Balaban J connectivity index is 1.59. The van der Waals surface area contributed by atoms with Gasteiger partial charge in [0.25, 0.3) is 11.8 Å². The minimum absolute atomic E-state index is 0.00797. The molecular formula is C24H24F4N2O3. The molecule has 9 heteroatoms. The Labute approximate surface area is 188 Å². The second-order valence-electron chi connectivity index (χ2n) is 8.76. The first-order valence-electron chi connectivity index (χ1n) is 10.8. The monoisotopic (exact) mass is 464 g/mol. The molecule has 0 aromatic heterocycles. The van der Waals surface area contributed by atoms with Crippen LogP contribution in [0.5, 0.6) is 0 Å². The summed E-state index contributed by atoms with van der Waals surface area (Å²) in [6.07, 6.45) is 1.43. The van der Waals surface area contributed by atoms with Gasteiger partial charge in [0.05, 0.1) is 17.2 Å². The minimum atomic E-state index is -4.19. The Kier molecular flexibility index (Phi) is 6.18. The second-order valence-corrected chi connectivity index (χ2v) is 8.76. The molecule has 2 heterocycles. The normalized spacial score (nSPS) is 22.7. The first-order valence-corrected chi connectivity index (χ1v) is 10.8. The summed E-state index contributed by atoms with van der Waals surface area (Å²) >= 11 is 0. The van der Waals surface area contributed by atoms with Crippen LogP contribution in [0.15, 0.2) is 36.4 Å². The smallest absolute Gasteiger partial charge is 0.352 e. The first-order chi connectivity index (χ1) is 15.6. The lowest BCUT2D eigenvalue weighted by Gasteiger charge is -2.40. The number of hydrogen-bond donors (Lipinski definition) is 2. The molecule has 2 saturated heterocycles. The molecule has 33 heavy (non-hydrogen) atoms. The number of nitrogens with one attached hydrogen (secondary N) is 1. The van der Waals surface area contributed by atoms with Crippen molar-refractivity contribution in [1.29, 1.82) is 0 Å². The zero-order chi connectivity index (χ0) is 23.9. The summed E-state index contributed by atoms with van der Waals surface area (Å²) in [6.45, 7) is 1.47. The van der Waals surface area contributed by atoms with Crippen LogP contribution in [0.3, 0.4) is 0 Å². The summed E-state index contributed by atoms with van der Waals surface area (Å²) in [5.74, 6) is -8.99. The maximum Gasteiger partial charge on any atom is 0.352 e. The fourth-order valence-electron chi connectivity index (χ4n) is 4.71. The highest BCUT2D eigenvalue weighted by molar-refractivity contribution is 6.04. The van der Waals surface area contributed by atoms with E-state index in [1.54, 1.807) is 0 Å². The molecule has 5 rings (SSSR count). The number of aliphatic hydroxyl groups excluding tert-OH is 1. The number of rotatable bonds is 4. The number of aliphatic hydroxyl groups is 1. The third-order valence-electron chi connectivity index (χ3n) is 6.57. The number of anilines is 1. The molecule has 3 aliphatic rings. The van der Waals surface area contributed by atoms with Gasteiger partial charge < -0.3 is 15.3 Å². The van der Waals surface area contributed by atoms with Crippen molar-refractivity contribution in [3.8, 4) is 0 Å². The van der Waals surface area contributed by atoms with E-state index in [4.69, 9.17) is 0 Å². The highest BCUT2D eigenvalue weighted by Crippen LogP contribution is 2.39. The van der Waals surface area contributed by atoms with Gasteiger partial charge in [-0.05, 0) is 62.1 Å². The number of piperidine rings is 1. The number of alkyl halides is 2. The largest absolute Gasteiger partial charge is 0.393 e. The number of nitrogens with zero attached hydrogens (tertiary/aromatic N) is 1. The molecule has 2 bridgehead atoms. The zero-order valence-electron chi connectivity index (χ0n) is 18.0. The van der Waals surface area contributed by atoms with Gasteiger partial charge in [-0.3, -0.25) is 9.59 Å². The van der Waals surface area contributed by atoms with Crippen molar-refractivity contribution < 1.29 is 32.3 Å². The van der Waals surface area contributed by atoms with Gasteiger partial charge in [0, 0.05) is 24.2 Å². The number of halogens is 4. The molecule has 2 amide bonds. The standard InChI is InChI=1S/C24H24F4N2O3/c1-13-10-15(8-9-19(13)25)29-22(32)17-6-3-7-18(21(17)26)24(27,28)23(33)30-12-14-4-2-5-16(30)11-20(14)31/h3,6-10,14,16,20,31H,2,4-5,11-12H2,1H3,(H,29,32)/t14?,16-,20-/m1/s1. The van der Waals surface area contributed by atoms with Crippen molar-refractivity contribution in [2.24, 2.45) is 5.92 Å². The maximum atomic E-state index is 15.2. The molecule has 0 spiro atoms. The summed E-state index contributed by atoms with van der Waals surface area (Å²) in [5, 5.41) is 12.5. The first kappa shape index (κ1) is 23.2. The lowest BCUT2D eigenvalue weighted by atomic mass is 9.90. The third-order valence-corrected chi connectivity index (χ3v) is 6.57. The van der Waals surface area contributed by atoms with E-state index in [1.807, 2.05) is 0 Å². The summed E-state index contributed by atoms with van der Waals surface area (Å²) in [6, 6.07) is 6.10. The Morgan fingerprint density at radius 1 is 1.15 bits per heavy atom. The molecule has 176 valence electrons. The zero-order valence-corrected chi connectivity index (χ0v) is 18.0. The van der Waals surface area contributed by atoms with Crippen LogP contribution in [-0.4, -0.2) is 40.5 Å².